The summed E-state index contributed by atoms with van der Waals surface area (Å²) >= 11 is 0. The zero-order valence-corrected chi connectivity index (χ0v) is 10.4. The number of aliphatic carboxylic acids is 1. The first-order valence-electron chi connectivity index (χ1n) is 5.94. The van der Waals surface area contributed by atoms with Gasteiger partial charge in [0.2, 0.25) is 0 Å². The number of nitrogens with one attached hydrogen (secondary N) is 1. The van der Waals surface area contributed by atoms with Crippen molar-refractivity contribution >= 4 is 5.97 Å². The van der Waals surface area contributed by atoms with E-state index in [2.05, 4.69) is 5.32 Å². The van der Waals surface area contributed by atoms with Crippen LogP contribution >= 0.6 is 0 Å². The first kappa shape index (κ1) is 15.5. The summed E-state index contributed by atoms with van der Waals surface area (Å²) in [6.45, 7) is 0.568. The number of hydrogen-bond acceptors (Lipinski definition) is 3. The van der Waals surface area contributed by atoms with E-state index in [1.165, 1.54) is 0 Å². The van der Waals surface area contributed by atoms with Gasteiger partial charge >= 0.3 is 5.97 Å². The van der Waals surface area contributed by atoms with Gasteiger partial charge in [0.05, 0.1) is 13.0 Å². The van der Waals surface area contributed by atoms with Crippen LogP contribution in [0.5, 0.6) is 0 Å². The topological polar surface area (TPSA) is 58.6 Å². The number of carbonyl (C=O) groups is 1. The molecule has 0 aliphatic rings. The van der Waals surface area contributed by atoms with Crippen molar-refractivity contribution in [3.05, 3.63) is 35.4 Å². The molecule has 1 aromatic rings. The largest absolute Gasteiger partial charge is 0.481 e. The van der Waals surface area contributed by atoms with Gasteiger partial charge < -0.3 is 15.2 Å². The third-order valence-electron chi connectivity index (χ3n) is 2.44. The summed E-state index contributed by atoms with van der Waals surface area (Å²) in [5, 5.41) is 11.8. The summed E-state index contributed by atoms with van der Waals surface area (Å²) < 4.78 is 28.3. The first-order chi connectivity index (χ1) is 9.09. The smallest absolute Gasteiger partial charge is 0.307 e. The lowest BCUT2D eigenvalue weighted by atomic mass is 10.0. The third kappa shape index (κ3) is 6.83. The van der Waals surface area contributed by atoms with Gasteiger partial charge in [0, 0.05) is 13.1 Å². The van der Waals surface area contributed by atoms with Crippen LogP contribution in [0.2, 0.25) is 0 Å². The Kier molecular flexibility index (Phi) is 6.99. The van der Waals surface area contributed by atoms with Crippen LogP contribution in [0.3, 0.4) is 0 Å². The molecule has 0 fully saturated rings. The van der Waals surface area contributed by atoms with Gasteiger partial charge in [0.15, 0.2) is 0 Å². The van der Waals surface area contributed by atoms with Crippen molar-refractivity contribution in [1.29, 1.82) is 0 Å². The van der Waals surface area contributed by atoms with Crippen molar-refractivity contribution in [2.24, 2.45) is 0 Å². The van der Waals surface area contributed by atoms with Crippen molar-refractivity contribution < 1.29 is 23.4 Å². The molecule has 0 aliphatic heterocycles. The van der Waals surface area contributed by atoms with Crippen LogP contribution in [0, 0.1) is 0 Å². The number of ether oxygens (including phenoxy) is 1. The maximum absolute atomic E-state index is 11.8. The minimum absolute atomic E-state index is 0.0280. The van der Waals surface area contributed by atoms with Crippen molar-refractivity contribution in [3.63, 3.8) is 0 Å². The molecule has 0 spiro atoms. The molecule has 0 saturated heterocycles. The molecule has 106 valence electrons. The molecular weight excluding hydrogens is 256 g/mol. The Morgan fingerprint density at radius 2 is 2.00 bits per heavy atom. The van der Waals surface area contributed by atoms with Gasteiger partial charge in [-0.05, 0) is 11.1 Å². The Morgan fingerprint density at radius 3 is 2.63 bits per heavy atom. The fourth-order valence-corrected chi connectivity index (χ4v) is 1.61. The van der Waals surface area contributed by atoms with E-state index in [0.29, 0.717) is 13.1 Å². The fourth-order valence-electron chi connectivity index (χ4n) is 1.61. The fraction of sp³-hybridized carbons (Fsp3) is 0.462. The predicted molar refractivity (Wildman–Crippen MR) is 66.3 cm³/mol. The summed E-state index contributed by atoms with van der Waals surface area (Å²) in [5.41, 5.74) is 1.63. The average Bonchev–Trinajstić information content (AvgIpc) is 2.34. The molecule has 4 nitrogen and oxygen atoms in total. The number of carboxylic acids is 1. The van der Waals surface area contributed by atoms with E-state index in [9.17, 15) is 13.6 Å². The van der Waals surface area contributed by atoms with E-state index >= 15 is 0 Å². The van der Waals surface area contributed by atoms with Crippen LogP contribution in [0.1, 0.15) is 11.1 Å². The first-order valence-corrected chi connectivity index (χ1v) is 5.94. The molecule has 0 unspecified atom stereocenters. The highest BCUT2D eigenvalue weighted by molar-refractivity contribution is 5.70. The summed E-state index contributed by atoms with van der Waals surface area (Å²) in [5.74, 6) is -0.882. The van der Waals surface area contributed by atoms with E-state index in [-0.39, 0.29) is 13.0 Å². The van der Waals surface area contributed by atoms with E-state index in [1.807, 2.05) is 12.1 Å². The van der Waals surface area contributed by atoms with E-state index in [1.54, 1.807) is 12.1 Å². The highest BCUT2D eigenvalue weighted by atomic mass is 19.3. The van der Waals surface area contributed by atoms with Gasteiger partial charge in [-0.2, -0.15) is 0 Å². The number of alkyl halides is 2. The molecule has 2 N–H and O–H groups in total. The molecule has 0 radical (unpaired) electrons. The monoisotopic (exact) mass is 273 g/mol. The van der Waals surface area contributed by atoms with Gasteiger partial charge in [0.1, 0.15) is 6.61 Å². The molecule has 1 rings (SSSR count). The van der Waals surface area contributed by atoms with Crippen molar-refractivity contribution in [1.82, 2.24) is 5.32 Å². The van der Waals surface area contributed by atoms with Crippen molar-refractivity contribution in [2.45, 2.75) is 19.4 Å². The van der Waals surface area contributed by atoms with Crippen LogP contribution in [-0.4, -0.2) is 37.3 Å². The molecule has 0 amide bonds. The van der Waals surface area contributed by atoms with Crippen LogP contribution in [0.25, 0.3) is 0 Å². The molecule has 0 aromatic heterocycles. The second-order valence-corrected chi connectivity index (χ2v) is 3.98. The summed E-state index contributed by atoms with van der Waals surface area (Å²) in [6.07, 6.45) is -2.48. The summed E-state index contributed by atoms with van der Waals surface area (Å²) in [7, 11) is 0. The third-order valence-corrected chi connectivity index (χ3v) is 2.44. The molecule has 0 aliphatic carbocycles. The van der Waals surface area contributed by atoms with Gasteiger partial charge in [0.25, 0.3) is 6.43 Å². The Balaban J connectivity index is 2.30. The van der Waals surface area contributed by atoms with Crippen molar-refractivity contribution in [3.8, 4) is 0 Å². The van der Waals surface area contributed by atoms with Gasteiger partial charge in [-0.3, -0.25) is 4.79 Å². The Hall–Kier alpha value is -1.53. The Morgan fingerprint density at radius 1 is 1.32 bits per heavy atom. The molecule has 0 heterocycles. The zero-order chi connectivity index (χ0) is 14.1. The van der Waals surface area contributed by atoms with Gasteiger partial charge in [-0.25, -0.2) is 8.78 Å². The summed E-state index contributed by atoms with van der Waals surface area (Å²) in [4.78, 5) is 10.7. The molecule has 0 bridgehead atoms. The number of carboxylic acid groups (broad SMARTS) is 1. The lowest BCUT2D eigenvalue weighted by molar-refractivity contribution is -0.136. The predicted octanol–water partition coefficient (Wildman–Crippen LogP) is 1.68. The Bertz CT molecular complexity index is 399. The van der Waals surface area contributed by atoms with Crippen LogP contribution in [0.4, 0.5) is 8.78 Å². The molecule has 1 aromatic carbocycles. The lowest BCUT2D eigenvalue weighted by Crippen LogP contribution is -2.21. The Labute approximate surface area is 110 Å². The zero-order valence-electron chi connectivity index (χ0n) is 10.4. The van der Waals surface area contributed by atoms with E-state index in [0.717, 1.165) is 11.1 Å². The van der Waals surface area contributed by atoms with Gasteiger partial charge in [-0.1, -0.05) is 24.3 Å². The minimum atomic E-state index is -2.45. The van der Waals surface area contributed by atoms with Crippen LogP contribution < -0.4 is 5.32 Å². The maximum atomic E-state index is 11.8. The maximum Gasteiger partial charge on any atom is 0.307 e. The quantitative estimate of drug-likeness (QED) is 0.672. The average molecular weight is 273 g/mol. The number of hydrogen-bond donors (Lipinski definition) is 2. The molecule has 0 atom stereocenters. The second-order valence-electron chi connectivity index (χ2n) is 3.98. The molecule has 6 heteroatoms. The summed E-state index contributed by atoms with van der Waals surface area (Å²) in [6, 6.07) is 7.22. The molecular formula is C13H17F2NO3. The lowest BCUT2D eigenvalue weighted by Gasteiger charge is -2.09. The normalized spacial score (nSPS) is 10.9. The molecule has 0 saturated carbocycles. The van der Waals surface area contributed by atoms with Crippen LogP contribution in [0.15, 0.2) is 24.3 Å². The SMILES string of the molecule is O=C(O)Cc1ccccc1CNCCOCC(F)F. The van der Waals surface area contributed by atoms with Crippen LogP contribution in [-0.2, 0) is 22.5 Å². The van der Waals surface area contributed by atoms with Gasteiger partial charge in [-0.15, -0.1) is 0 Å². The molecule has 19 heavy (non-hydrogen) atoms. The highest BCUT2D eigenvalue weighted by Gasteiger charge is 2.06. The van der Waals surface area contributed by atoms with E-state index in [4.69, 9.17) is 9.84 Å². The second kappa shape index (κ2) is 8.55. The number of halogens is 2. The minimum Gasteiger partial charge on any atom is -0.481 e. The standard InChI is InChI=1S/C13H17F2NO3/c14-12(15)9-19-6-5-16-8-11-4-2-1-3-10(11)7-13(17)18/h1-4,12,16H,5-9H2,(H,17,18). The highest BCUT2D eigenvalue weighted by Crippen LogP contribution is 2.09. The number of benzene rings is 1. The van der Waals surface area contributed by atoms with E-state index < -0.39 is 19.0 Å². The number of rotatable bonds is 9. The van der Waals surface area contributed by atoms with Crippen molar-refractivity contribution in [2.75, 3.05) is 19.8 Å².